The number of amides is 1. The van der Waals surface area contributed by atoms with Gasteiger partial charge in [-0.25, -0.2) is 5.43 Å². The van der Waals surface area contributed by atoms with E-state index in [9.17, 15) is 9.90 Å². The Morgan fingerprint density at radius 1 is 1.00 bits per heavy atom. The molecule has 1 saturated carbocycles. The van der Waals surface area contributed by atoms with Crippen molar-refractivity contribution in [2.45, 2.75) is 25.7 Å². The summed E-state index contributed by atoms with van der Waals surface area (Å²) >= 11 is 0. The van der Waals surface area contributed by atoms with Crippen molar-refractivity contribution < 1.29 is 9.90 Å². The van der Waals surface area contributed by atoms with Crippen LogP contribution in [-0.4, -0.2) is 17.2 Å². The molecule has 3 aromatic rings. The van der Waals surface area contributed by atoms with E-state index in [4.69, 9.17) is 0 Å². The maximum absolute atomic E-state index is 12.9. The van der Waals surface area contributed by atoms with E-state index < -0.39 is 0 Å². The minimum Gasteiger partial charge on any atom is -0.507 e. The van der Waals surface area contributed by atoms with Crippen LogP contribution in [0, 0.1) is 19.8 Å². The first kappa shape index (κ1) is 18.9. The highest BCUT2D eigenvalue weighted by Gasteiger charge is 2.60. The summed E-state index contributed by atoms with van der Waals surface area (Å²) in [5.74, 6) is -0.168. The van der Waals surface area contributed by atoms with Crippen molar-refractivity contribution in [2.24, 2.45) is 11.0 Å². The van der Waals surface area contributed by atoms with E-state index in [0.717, 1.165) is 17.5 Å². The summed E-state index contributed by atoms with van der Waals surface area (Å²) in [6.07, 6.45) is 2.22. The molecule has 0 aromatic heterocycles. The van der Waals surface area contributed by atoms with Gasteiger partial charge >= 0.3 is 0 Å². The molecule has 0 spiro atoms. The first-order valence-corrected chi connectivity index (χ1v) is 9.76. The van der Waals surface area contributed by atoms with Crippen LogP contribution in [0.5, 0.6) is 5.75 Å². The topological polar surface area (TPSA) is 61.7 Å². The minimum atomic E-state index is -0.327. The second-order valence-electron chi connectivity index (χ2n) is 7.76. The standard InChI is InChI=1S/C25H24N2O2/c1-17-7-5-10-20(13-17)25(21-11-6-8-18(2)14-21)15-22(25)24(29)27-26-16-19-9-3-4-12-23(19)28/h3-14,16,22,28H,15H2,1-2H3,(H,27,29)/b26-16+/t22-/m0/s1. The van der Waals surface area contributed by atoms with Crippen LogP contribution < -0.4 is 5.43 Å². The number of carbonyl (C=O) groups excluding carboxylic acids is 1. The van der Waals surface area contributed by atoms with Crippen LogP contribution >= 0.6 is 0 Å². The quantitative estimate of drug-likeness (QED) is 0.504. The van der Waals surface area contributed by atoms with Gasteiger partial charge in [-0.2, -0.15) is 5.10 Å². The number of benzene rings is 3. The molecule has 4 rings (SSSR count). The van der Waals surface area contributed by atoms with Crippen LogP contribution in [0.4, 0.5) is 0 Å². The maximum atomic E-state index is 12.9. The molecule has 0 heterocycles. The molecule has 3 aromatic carbocycles. The summed E-state index contributed by atoms with van der Waals surface area (Å²) < 4.78 is 0. The summed E-state index contributed by atoms with van der Waals surface area (Å²) in [5.41, 5.74) is 7.58. The Balaban J connectivity index is 1.60. The number of phenols is 1. The summed E-state index contributed by atoms with van der Waals surface area (Å²) in [5, 5.41) is 13.9. The van der Waals surface area contributed by atoms with Crippen LogP contribution in [0.2, 0.25) is 0 Å². The largest absolute Gasteiger partial charge is 0.507 e. The third-order valence-corrected chi connectivity index (χ3v) is 5.66. The average Bonchev–Trinajstić information content (AvgIpc) is 3.47. The molecule has 29 heavy (non-hydrogen) atoms. The highest BCUT2D eigenvalue weighted by atomic mass is 16.3. The second-order valence-corrected chi connectivity index (χ2v) is 7.76. The van der Waals surface area contributed by atoms with Gasteiger partial charge in [0, 0.05) is 11.0 Å². The molecule has 0 unspecified atom stereocenters. The van der Waals surface area contributed by atoms with Crippen molar-refractivity contribution in [3.8, 4) is 5.75 Å². The summed E-state index contributed by atoms with van der Waals surface area (Å²) in [7, 11) is 0. The van der Waals surface area contributed by atoms with Crippen LogP contribution in [0.1, 0.15) is 34.2 Å². The molecule has 1 aliphatic rings. The molecule has 4 heteroatoms. The molecule has 0 aliphatic heterocycles. The Morgan fingerprint density at radius 3 is 2.21 bits per heavy atom. The third-order valence-electron chi connectivity index (χ3n) is 5.66. The molecule has 4 nitrogen and oxygen atoms in total. The number of carbonyl (C=O) groups is 1. The number of para-hydroxylation sites is 1. The molecule has 0 bridgehead atoms. The van der Waals surface area contributed by atoms with Crippen molar-refractivity contribution in [3.05, 3.63) is 101 Å². The summed E-state index contributed by atoms with van der Waals surface area (Å²) in [6.45, 7) is 4.14. The Kier molecular flexibility index (Phi) is 4.93. The molecule has 0 saturated heterocycles. The van der Waals surface area contributed by atoms with Gasteiger partial charge < -0.3 is 5.11 Å². The SMILES string of the molecule is Cc1cccc(C2(c3cccc(C)c3)C[C@H]2C(=O)N/N=C/c2ccccc2O)c1. The van der Waals surface area contributed by atoms with E-state index in [2.05, 4.69) is 60.8 Å². The Labute approximate surface area is 170 Å². The van der Waals surface area contributed by atoms with Gasteiger partial charge in [0.1, 0.15) is 5.75 Å². The first-order chi connectivity index (χ1) is 14.0. The van der Waals surface area contributed by atoms with Crippen molar-refractivity contribution in [1.82, 2.24) is 5.43 Å². The van der Waals surface area contributed by atoms with Gasteiger partial charge in [0.15, 0.2) is 0 Å². The molecule has 1 atom stereocenters. The van der Waals surface area contributed by atoms with Crippen LogP contribution in [-0.2, 0) is 10.2 Å². The molecule has 1 aliphatic carbocycles. The van der Waals surface area contributed by atoms with Crippen LogP contribution in [0.25, 0.3) is 0 Å². The fourth-order valence-corrected chi connectivity index (χ4v) is 4.07. The molecular weight excluding hydrogens is 360 g/mol. The Morgan fingerprint density at radius 2 is 1.62 bits per heavy atom. The van der Waals surface area contributed by atoms with E-state index in [1.807, 2.05) is 18.2 Å². The number of nitrogens with zero attached hydrogens (tertiary/aromatic N) is 1. The molecule has 1 amide bonds. The monoisotopic (exact) mass is 384 g/mol. The fourth-order valence-electron chi connectivity index (χ4n) is 4.07. The van der Waals surface area contributed by atoms with E-state index in [-0.39, 0.29) is 23.0 Å². The van der Waals surface area contributed by atoms with E-state index in [0.29, 0.717) is 5.56 Å². The smallest absolute Gasteiger partial charge is 0.244 e. The number of hydrazone groups is 1. The molecular formula is C25H24N2O2. The zero-order valence-corrected chi connectivity index (χ0v) is 16.6. The van der Waals surface area contributed by atoms with Crippen LogP contribution in [0.15, 0.2) is 77.9 Å². The van der Waals surface area contributed by atoms with Crippen molar-refractivity contribution >= 4 is 12.1 Å². The average molecular weight is 384 g/mol. The van der Waals surface area contributed by atoms with Gasteiger partial charge in [-0.05, 0) is 43.5 Å². The molecule has 0 radical (unpaired) electrons. The van der Waals surface area contributed by atoms with Crippen molar-refractivity contribution in [1.29, 1.82) is 0 Å². The Hall–Kier alpha value is -3.40. The maximum Gasteiger partial charge on any atom is 0.244 e. The highest BCUT2D eigenvalue weighted by molar-refractivity contribution is 5.88. The van der Waals surface area contributed by atoms with E-state index >= 15 is 0 Å². The van der Waals surface area contributed by atoms with E-state index in [1.165, 1.54) is 17.3 Å². The first-order valence-electron chi connectivity index (χ1n) is 9.76. The zero-order valence-electron chi connectivity index (χ0n) is 16.6. The number of nitrogens with one attached hydrogen (secondary N) is 1. The van der Waals surface area contributed by atoms with Gasteiger partial charge in [-0.3, -0.25) is 4.79 Å². The molecule has 2 N–H and O–H groups in total. The number of rotatable bonds is 5. The van der Waals surface area contributed by atoms with Gasteiger partial charge in [-0.1, -0.05) is 71.8 Å². The number of hydrogen-bond acceptors (Lipinski definition) is 3. The lowest BCUT2D eigenvalue weighted by Crippen LogP contribution is -2.25. The number of aromatic hydroxyl groups is 1. The number of hydrogen-bond donors (Lipinski definition) is 2. The van der Waals surface area contributed by atoms with Gasteiger partial charge in [-0.15, -0.1) is 0 Å². The van der Waals surface area contributed by atoms with Gasteiger partial charge in [0.25, 0.3) is 0 Å². The lowest BCUT2D eigenvalue weighted by atomic mass is 9.84. The van der Waals surface area contributed by atoms with Crippen molar-refractivity contribution in [3.63, 3.8) is 0 Å². The second kappa shape index (κ2) is 7.55. The zero-order chi connectivity index (χ0) is 20.4. The minimum absolute atomic E-state index is 0.111. The van der Waals surface area contributed by atoms with E-state index in [1.54, 1.807) is 18.2 Å². The van der Waals surface area contributed by atoms with Crippen molar-refractivity contribution in [2.75, 3.05) is 0 Å². The third kappa shape index (κ3) is 3.66. The normalized spacial score (nSPS) is 17.2. The van der Waals surface area contributed by atoms with Gasteiger partial charge in [0.05, 0.1) is 12.1 Å². The summed E-state index contributed by atoms with van der Waals surface area (Å²) in [6, 6.07) is 23.7. The number of phenolic OH excluding ortho intramolecular Hbond substituents is 1. The fraction of sp³-hybridized carbons (Fsp3) is 0.200. The lowest BCUT2D eigenvalue weighted by Gasteiger charge is -2.19. The Bertz CT molecular complexity index is 1040. The number of aryl methyl sites for hydroxylation is 2. The summed E-state index contributed by atoms with van der Waals surface area (Å²) in [4.78, 5) is 12.9. The predicted molar refractivity (Wildman–Crippen MR) is 115 cm³/mol. The lowest BCUT2D eigenvalue weighted by molar-refractivity contribution is -0.122. The molecule has 1 fully saturated rings. The highest BCUT2D eigenvalue weighted by Crippen LogP contribution is 2.59. The van der Waals surface area contributed by atoms with Gasteiger partial charge in [0.2, 0.25) is 5.91 Å². The molecule has 146 valence electrons. The predicted octanol–water partition coefficient (Wildman–Crippen LogP) is 4.47. The van der Waals surface area contributed by atoms with Crippen LogP contribution in [0.3, 0.4) is 0 Å².